The number of benzene rings is 2. The van der Waals surface area contributed by atoms with Gasteiger partial charge in [-0.05, 0) is 29.7 Å². The van der Waals surface area contributed by atoms with Crippen LogP contribution in [0.5, 0.6) is 5.75 Å². The number of carbonyl (C=O) groups is 1. The molecule has 0 aliphatic carbocycles. The molecule has 1 amide bonds. The zero-order valence-electron chi connectivity index (χ0n) is 16.4. The first-order valence-electron chi connectivity index (χ1n) is 9.64. The van der Waals surface area contributed by atoms with Crippen LogP contribution < -0.4 is 4.74 Å². The van der Waals surface area contributed by atoms with Crippen molar-refractivity contribution in [2.75, 3.05) is 19.1 Å². The number of thioether (sulfide) groups is 1. The Morgan fingerprint density at radius 1 is 1.16 bits per heavy atom. The molecule has 0 radical (unpaired) electrons. The standard InChI is InChI=1S/C22H20F3NO4S/c23-22(24,25)30-18-8-4-7-16(10-18)21-26(20(27)13-31-21)11-17(19-12-28-14-29-19)9-15-5-2-1-3-6-15/h1-8,10,12,17,21H,9,11,13-14H2. The Morgan fingerprint density at radius 3 is 2.68 bits per heavy atom. The van der Waals surface area contributed by atoms with Gasteiger partial charge in [0, 0.05) is 12.5 Å². The van der Waals surface area contributed by atoms with Gasteiger partial charge in [0.1, 0.15) is 23.1 Å². The molecule has 0 aromatic heterocycles. The lowest BCUT2D eigenvalue weighted by Crippen LogP contribution is -2.34. The number of halogens is 3. The number of amides is 1. The fourth-order valence-corrected chi connectivity index (χ4v) is 4.84. The summed E-state index contributed by atoms with van der Waals surface area (Å²) in [5.41, 5.74) is 1.66. The highest BCUT2D eigenvalue weighted by Crippen LogP contribution is 2.41. The first-order chi connectivity index (χ1) is 14.9. The Bertz CT molecular complexity index is 951. The molecule has 0 N–H and O–H groups in total. The van der Waals surface area contributed by atoms with Crippen molar-refractivity contribution < 1.29 is 32.2 Å². The molecule has 0 spiro atoms. The zero-order chi connectivity index (χ0) is 21.8. The van der Waals surface area contributed by atoms with Crippen LogP contribution in [0.3, 0.4) is 0 Å². The summed E-state index contributed by atoms with van der Waals surface area (Å²) in [4.78, 5) is 14.4. The minimum Gasteiger partial charge on any atom is -0.462 e. The van der Waals surface area contributed by atoms with Gasteiger partial charge in [-0.3, -0.25) is 4.79 Å². The SMILES string of the molecule is O=C1CSC(c2cccc(OC(F)(F)F)c2)N1CC(Cc1ccccc1)C1=COCO1. The maximum atomic E-state index is 12.7. The molecule has 9 heteroatoms. The minimum atomic E-state index is -4.77. The van der Waals surface area contributed by atoms with E-state index in [1.165, 1.54) is 30.0 Å². The second-order valence-corrected chi connectivity index (χ2v) is 8.23. The summed E-state index contributed by atoms with van der Waals surface area (Å²) in [5.74, 6) is 0.380. The highest BCUT2D eigenvalue weighted by Gasteiger charge is 2.37. The van der Waals surface area contributed by atoms with Gasteiger partial charge in [0.15, 0.2) is 0 Å². The number of alkyl halides is 3. The van der Waals surface area contributed by atoms with E-state index in [4.69, 9.17) is 9.47 Å². The van der Waals surface area contributed by atoms with Crippen LogP contribution in [0, 0.1) is 5.92 Å². The molecule has 1 saturated heterocycles. The number of hydrogen-bond acceptors (Lipinski definition) is 5. The van der Waals surface area contributed by atoms with E-state index >= 15 is 0 Å². The number of carbonyl (C=O) groups excluding carboxylic acids is 1. The molecule has 31 heavy (non-hydrogen) atoms. The van der Waals surface area contributed by atoms with E-state index in [9.17, 15) is 18.0 Å². The molecule has 164 valence electrons. The molecule has 0 bridgehead atoms. The fraction of sp³-hybridized carbons (Fsp3) is 0.318. The lowest BCUT2D eigenvalue weighted by Gasteiger charge is -2.29. The molecule has 0 saturated carbocycles. The topological polar surface area (TPSA) is 48.0 Å². The minimum absolute atomic E-state index is 0.0743. The van der Waals surface area contributed by atoms with Crippen LogP contribution in [0.2, 0.25) is 0 Å². The average molecular weight is 451 g/mol. The Labute approximate surface area is 181 Å². The smallest absolute Gasteiger partial charge is 0.462 e. The zero-order valence-corrected chi connectivity index (χ0v) is 17.2. The first kappa shape index (κ1) is 21.4. The molecule has 2 aromatic carbocycles. The van der Waals surface area contributed by atoms with E-state index in [0.29, 0.717) is 24.3 Å². The highest BCUT2D eigenvalue weighted by molar-refractivity contribution is 8.00. The van der Waals surface area contributed by atoms with E-state index in [2.05, 4.69) is 4.74 Å². The maximum Gasteiger partial charge on any atom is 0.573 e. The van der Waals surface area contributed by atoms with Crippen molar-refractivity contribution in [1.29, 1.82) is 0 Å². The Hall–Kier alpha value is -2.81. The second kappa shape index (κ2) is 9.13. The largest absolute Gasteiger partial charge is 0.573 e. The molecule has 2 heterocycles. The summed E-state index contributed by atoms with van der Waals surface area (Å²) in [6, 6.07) is 15.6. The molecule has 1 fully saturated rings. The van der Waals surface area contributed by atoms with Crippen LogP contribution in [-0.4, -0.2) is 36.3 Å². The predicted molar refractivity (Wildman–Crippen MR) is 109 cm³/mol. The van der Waals surface area contributed by atoms with Gasteiger partial charge < -0.3 is 19.1 Å². The second-order valence-electron chi connectivity index (χ2n) is 7.17. The quantitative estimate of drug-likeness (QED) is 0.602. The van der Waals surface area contributed by atoms with Crippen LogP contribution in [0.1, 0.15) is 16.5 Å². The number of ether oxygens (including phenoxy) is 3. The molecule has 2 unspecified atom stereocenters. The summed E-state index contributed by atoms with van der Waals surface area (Å²) in [5, 5.41) is -0.412. The maximum absolute atomic E-state index is 12.7. The van der Waals surface area contributed by atoms with E-state index in [1.54, 1.807) is 17.2 Å². The van der Waals surface area contributed by atoms with Crippen molar-refractivity contribution in [3.63, 3.8) is 0 Å². The van der Waals surface area contributed by atoms with E-state index < -0.39 is 11.7 Å². The van der Waals surface area contributed by atoms with Gasteiger partial charge in [0.05, 0.1) is 5.75 Å². The molecule has 4 rings (SSSR count). The normalized spacial score (nSPS) is 19.6. The molecular weight excluding hydrogens is 431 g/mol. The van der Waals surface area contributed by atoms with Gasteiger partial charge in [-0.25, -0.2) is 0 Å². The van der Waals surface area contributed by atoms with Gasteiger partial charge in [-0.2, -0.15) is 0 Å². The summed E-state index contributed by atoms with van der Waals surface area (Å²) < 4.78 is 52.7. The van der Waals surface area contributed by atoms with Gasteiger partial charge >= 0.3 is 6.36 Å². The van der Waals surface area contributed by atoms with Gasteiger partial charge in [-0.1, -0.05) is 42.5 Å². The summed E-state index contributed by atoms with van der Waals surface area (Å²) in [6.45, 7) is 0.481. The van der Waals surface area contributed by atoms with E-state index in [1.807, 2.05) is 30.3 Å². The van der Waals surface area contributed by atoms with Crippen LogP contribution in [-0.2, 0) is 20.7 Å². The van der Waals surface area contributed by atoms with E-state index in [0.717, 1.165) is 5.56 Å². The van der Waals surface area contributed by atoms with Gasteiger partial charge in [0.2, 0.25) is 12.7 Å². The Morgan fingerprint density at radius 2 is 1.97 bits per heavy atom. The van der Waals surface area contributed by atoms with Crippen LogP contribution in [0.25, 0.3) is 0 Å². The third-order valence-corrected chi connectivity index (χ3v) is 6.24. The summed E-state index contributed by atoms with van der Waals surface area (Å²) in [7, 11) is 0. The monoisotopic (exact) mass is 451 g/mol. The van der Waals surface area contributed by atoms with Crippen molar-refractivity contribution in [2.45, 2.75) is 18.2 Å². The summed E-state index contributed by atoms with van der Waals surface area (Å²) in [6.07, 6.45) is -2.58. The van der Waals surface area contributed by atoms with E-state index in [-0.39, 0.29) is 30.1 Å². The third kappa shape index (κ3) is 5.46. The van der Waals surface area contributed by atoms with Crippen LogP contribution in [0.4, 0.5) is 13.2 Å². The average Bonchev–Trinajstić information content (AvgIpc) is 3.38. The molecular formula is C22H20F3NO4S. The lowest BCUT2D eigenvalue weighted by atomic mass is 9.96. The molecule has 2 atom stereocenters. The predicted octanol–water partition coefficient (Wildman–Crippen LogP) is 4.86. The van der Waals surface area contributed by atoms with Gasteiger partial charge in [0.25, 0.3) is 0 Å². The molecule has 2 aliphatic heterocycles. The van der Waals surface area contributed by atoms with Crippen LogP contribution in [0.15, 0.2) is 66.6 Å². The highest BCUT2D eigenvalue weighted by atomic mass is 32.2. The number of hydrogen-bond donors (Lipinski definition) is 0. The number of rotatable bonds is 7. The molecule has 2 aromatic rings. The summed E-state index contributed by atoms with van der Waals surface area (Å²) >= 11 is 1.38. The first-order valence-corrected chi connectivity index (χ1v) is 10.7. The van der Waals surface area contributed by atoms with Crippen molar-refractivity contribution in [1.82, 2.24) is 4.90 Å². The van der Waals surface area contributed by atoms with Crippen molar-refractivity contribution >= 4 is 17.7 Å². The molecule has 5 nitrogen and oxygen atoms in total. The number of nitrogens with zero attached hydrogens (tertiary/aromatic N) is 1. The Kier molecular flexibility index (Phi) is 6.31. The molecule has 2 aliphatic rings. The van der Waals surface area contributed by atoms with Gasteiger partial charge in [-0.15, -0.1) is 24.9 Å². The lowest BCUT2D eigenvalue weighted by molar-refractivity contribution is -0.274. The van der Waals surface area contributed by atoms with Crippen molar-refractivity contribution in [3.8, 4) is 5.75 Å². The van der Waals surface area contributed by atoms with Crippen LogP contribution >= 0.6 is 11.8 Å². The van der Waals surface area contributed by atoms with Crippen molar-refractivity contribution in [2.24, 2.45) is 5.92 Å². The Balaban J connectivity index is 1.56. The van der Waals surface area contributed by atoms with Crippen molar-refractivity contribution in [3.05, 3.63) is 77.7 Å². The fourth-order valence-electron chi connectivity index (χ4n) is 3.65. The third-order valence-electron chi connectivity index (χ3n) is 4.98.